The highest BCUT2D eigenvalue weighted by Gasteiger charge is 2.11. The molecule has 1 heterocycles. The number of ether oxygens (including phenoxy) is 1. The lowest BCUT2D eigenvalue weighted by molar-refractivity contribution is -0.142. The molecule has 27 heavy (non-hydrogen) atoms. The minimum absolute atomic E-state index is 0.0308. The van der Waals surface area contributed by atoms with E-state index in [1.54, 1.807) is 0 Å². The van der Waals surface area contributed by atoms with Crippen molar-refractivity contribution in [1.29, 1.82) is 0 Å². The molecule has 0 unspecified atom stereocenters. The van der Waals surface area contributed by atoms with Crippen LogP contribution >= 0.6 is 11.8 Å². The highest BCUT2D eigenvalue weighted by Crippen LogP contribution is 2.23. The summed E-state index contributed by atoms with van der Waals surface area (Å²) >= 11 is 1.44. The van der Waals surface area contributed by atoms with E-state index in [-0.39, 0.29) is 24.2 Å². The van der Waals surface area contributed by atoms with Gasteiger partial charge in [0.15, 0.2) is 6.61 Å². The smallest absolute Gasteiger partial charge is 0.316 e. The first-order chi connectivity index (χ1) is 13.3. The molecule has 0 amide bonds. The third kappa shape index (κ3) is 4.35. The summed E-state index contributed by atoms with van der Waals surface area (Å²) < 4.78 is 10.4. The van der Waals surface area contributed by atoms with Gasteiger partial charge in [0.1, 0.15) is 0 Å². The fourth-order valence-electron chi connectivity index (χ4n) is 2.60. The Labute approximate surface area is 160 Å². The molecule has 5 nitrogen and oxygen atoms in total. The molecule has 0 aliphatic rings. The molecule has 1 aromatic heterocycles. The van der Waals surface area contributed by atoms with Crippen LogP contribution in [0.25, 0.3) is 22.2 Å². The molecule has 0 spiro atoms. The predicted octanol–water partition coefficient (Wildman–Crippen LogP) is 4.73. The molecule has 0 atom stereocenters. The second-order valence-corrected chi connectivity index (χ2v) is 6.88. The Balaban J connectivity index is 1.30. The predicted molar refractivity (Wildman–Crippen MR) is 104 cm³/mol. The largest absolute Gasteiger partial charge is 0.455 e. The van der Waals surface area contributed by atoms with Crippen molar-refractivity contribution in [2.75, 3.05) is 5.75 Å². The fraction of sp³-hybridized carbons (Fsp3) is 0.0952. The normalized spacial score (nSPS) is 10.8. The Morgan fingerprint density at radius 3 is 2.59 bits per heavy atom. The van der Waals surface area contributed by atoms with Crippen LogP contribution in [0.4, 0.5) is 0 Å². The van der Waals surface area contributed by atoms with E-state index in [0.717, 1.165) is 15.8 Å². The van der Waals surface area contributed by atoms with Gasteiger partial charge in [-0.05, 0) is 22.9 Å². The van der Waals surface area contributed by atoms with Crippen molar-refractivity contribution in [3.63, 3.8) is 0 Å². The molecule has 0 aliphatic carbocycles. The molecule has 4 aromatic rings. The number of benzene rings is 3. The number of fused-ring (bicyclic) bond motifs is 1. The van der Waals surface area contributed by atoms with Crippen molar-refractivity contribution in [2.45, 2.75) is 11.5 Å². The molecule has 4 rings (SSSR count). The molecular weight excluding hydrogens is 360 g/mol. The van der Waals surface area contributed by atoms with Gasteiger partial charge in [-0.25, -0.2) is 0 Å². The lowest BCUT2D eigenvalue weighted by Gasteiger charge is -2.04. The third-order valence-corrected chi connectivity index (χ3v) is 4.90. The van der Waals surface area contributed by atoms with Crippen molar-refractivity contribution in [3.8, 4) is 11.4 Å². The van der Waals surface area contributed by atoms with Gasteiger partial charge in [-0.3, -0.25) is 4.79 Å². The van der Waals surface area contributed by atoms with Gasteiger partial charge >= 0.3 is 5.97 Å². The zero-order valence-corrected chi connectivity index (χ0v) is 15.2. The molecule has 0 saturated carbocycles. The number of rotatable bonds is 6. The van der Waals surface area contributed by atoms with Gasteiger partial charge in [0, 0.05) is 10.5 Å². The summed E-state index contributed by atoms with van der Waals surface area (Å²) in [6.45, 7) is -0.0308. The number of aromatic nitrogens is 2. The van der Waals surface area contributed by atoms with Crippen LogP contribution in [0, 0.1) is 0 Å². The van der Waals surface area contributed by atoms with Crippen LogP contribution in [-0.4, -0.2) is 21.9 Å². The number of nitrogens with zero attached hydrogens (tertiary/aromatic N) is 2. The van der Waals surface area contributed by atoms with Crippen LogP contribution in [-0.2, 0) is 16.1 Å². The van der Waals surface area contributed by atoms with E-state index in [1.165, 1.54) is 17.1 Å². The molecule has 0 bridgehead atoms. The number of hydrogen-bond acceptors (Lipinski definition) is 6. The standard InChI is InChI=1S/C21H16N2O3S/c24-20(14-27-18-11-10-15-6-4-5-9-17(15)12-18)25-13-19-22-21(23-26-19)16-7-2-1-3-8-16/h1-12H,13-14H2. The maximum atomic E-state index is 12.0. The monoisotopic (exact) mass is 376 g/mol. The average molecular weight is 376 g/mol. The van der Waals surface area contributed by atoms with Gasteiger partial charge in [0.25, 0.3) is 5.89 Å². The Kier molecular flexibility index (Phi) is 5.16. The summed E-state index contributed by atoms with van der Waals surface area (Å²) in [6, 6.07) is 23.7. The van der Waals surface area contributed by atoms with Crippen LogP contribution in [0.15, 0.2) is 82.2 Å². The van der Waals surface area contributed by atoms with Crippen LogP contribution in [0.1, 0.15) is 5.89 Å². The highest BCUT2D eigenvalue weighted by molar-refractivity contribution is 8.00. The van der Waals surface area contributed by atoms with Gasteiger partial charge in [0.05, 0.1) is 5.75 Å². The summed E-state index contributed by atoms with van der Waals surface area (Å²) in [5.41, 5.74) is 0.852. The summed E-state index contributed by atoms with van der Waals surface area (Å²) in [7, 11) is 0. The van der Waals surface area contributed by atoms with Gasteiger partial charge in [-0.1, -0.05) is 65.8 Å². The molecular formula is C21H16N2O3S. The van der Waals surface area contributed by atoms with Crippen molar-refractivity contribution in [3.05, 3.63) is 78.7 Å². The molecule has 0 saturated heterocycles. The topological polar surface area (TPSA) is 65.2 Å². The average Bonchev–Trinajstić information content (AvgIpc) is 3.20. The van der Waals surface area contributed by atoms with E-state index in [1.807, 2.05) is 54.6 Å². The Morgan fingerprint density at radius 2 is 1.74 bits per heavy atom. The maximum Gasteiger partial charge on any atom is 0.316 e. The van der Waals surface area contributed by atoms with Gasteiger partial charge in [0.2, 0.25) is 5.82 Å². The zero-order valence-electron chi connectivity index (χ0n) is 14.4. The second-order valence-electron chi connectivity index (χ2n) is 5.84. The molecule has 134 valence electrons. The van der Waals surface area contributed by atoms with E-state index in [9.17, 15) is 4.79 Å². The lowest BCUT2D eigenvalue weighted by atomic mass is 10.1. The number of hydrogen-bond donors (Lipinski definition) is 0. The first-order valence-electron chi connectivity index (χ1n) is 8.43. The number of thioether (sulfide) groups is 1. The van der Waals surface area contributed by atoms with Gasteiger partial charge in [-0.15, -0.1) is 11.8 Å². The highest BCUT2D eigenvalue weighted by atomic mass is 32.2. The molecule has 3 aromatic carbocycles. The summed E-state index contributed by atoms with van der Waals surface area (Å²) in [6.07, 6.45) is 0. The van der Waals surface area contributed by atoms with E-state index in [0.29, 0.717) is 5.82 Å². The maximum absolute atomic E-state index is 12.0. The van der Waals surface area contributed by atoms with Gasteiger partial charge in [-0.2, -0.15) is 4.98 Å². The molecule has 0 aliphatic heterocycles. The van der Waals surface area contributed by atoms with E-state index < -0.39 is 0 Å². The van der Waals surface area contributed by atoms with Crippen LogP contribution in [0.5, 0.6) is 0 Å². The van der Waals surface area contributed by atoms with Crippen LogP contribution in [0.2, 0.25) is 0 Å². The lowest BCUT2D eigenvalue weighted by Crippen LogP contribution is -2.07. The fourth-order valence-corrected chi connectivity index (χ4v) is 3.34. The minimum atomic E-state index is -0.326. The quantitative estimate of drug-likeness (QED) is 0.358. The number of esters is 1. The van der Waals surface area contributed by atoms with Crippen LogP contribution < -0.4 is 0 Å². The van der Waals surface area contributed by atoms with E-state index in [2.05, 4.69) is 28.3 Å². The van der Waals surface area contributed by atoms with Gasteiger partial charge < -0.3 is 9.26 Å². The third-order valence-electron chi connectivity index (χ3n) is 3.93. The SMILES string of the molecule is O=C(CSc1ccc2ccccc2c1)OCc1nc(-c2ccccc2)no1. The van der Waals surface area contributed by atoms with E-state index in [4.69, 9.17) is 9.26 Å². The number of carbonyl (C=O) groups is 1. The Bertz CT molecular complexity index is 1060. The summed E-state index contributed by atoms with van der Waals surface area (Å²) in [4.78, 5) is 17.3. The van der Waals surface area contributed by atoms with E-state index >= 15 is 0 Å². The van der Waals surface area contributed by atoms with Crippen LogP contribution in [0.3, 0.4) is 0 Å². The van der Waals surface area contributed by atoms with Crippen molar-refractivity contribution >= 4 is 28.5 Å². The first kappa shape index (κ1) is 17.3. The van der Waals surface area contributed by atoms with Crippen molar-refractivity contribution in [1.82, 2.24) is 10.1 Å². The van der Waals surface area contributed by atoms with Crippen molar-refractivity contribution < 1.29 is 14.1 Å². The summed E-state index contributed by atoms with van der Waals surface area (Å²) in [5.74, 6) is 0.649. The van der Waals surface area contributed by atoms with Crippen molar-refractivity contribution in [2.24, 2.45) is 0 Å². The summed E-state index contributed by atoms with van der Waals surface area (Å²) in [5, 5.41) is 6.23. The number of carbonyl (C=O) groups excluding carboxylic acids is 1. The molecule has 0 N–H and O–H groups in total. The zero-order chi connectivity index (χ0) is 18.5. The Hall–Kier alpha value is -3.12. The second kappa shape index (κ2) is 8.05. The molecule has 0 fully saturated rings. The first-order valence-corrected chi connectivity index (χ1v) is 9.42. The minimum Gasteiger partial charge on any atom is -0.455 e. The molecule has 0 radical (unpaired) electrons. The molecule has 6 heteroatoms. The Morgan fingerprint density at radius 1 is 0.963 bits per heavy atom.